The van der Waals surface area contributed by atoms with E-state index in [1.54, 1.807) is 14.2 Å². The molecule has 0 radical (unpaired) electrons. The quantitative estimate of drug-likeness (QED) is 0.638. The predicted octanol–water partition coefficient (Wildman–Crippen LogP) is 2.96. The fraction of sp³-hybridized carbons (Fsp3) is 1.00. The molecule has 14 heavy (non-hydrogen) atoms. The Morgan fingerprint density at radius 2 is 1.64 bits per heavy atom. The van der Waals surface area contributed by atoms with E-state index in [-0.39, 0.29) is 0 Å². The Hall–Kier alpha value is 0.137. The highest BCUT2D eigenvalue weighted by molar-refractivity contribution is 6.44. The summed E-state index contributed by atoms with van der Waals surface area (Å²) in [7, 11) is 2.20. The average molecular weight is 218 g/mol. The van der Waals surface area contributed by atoms with E-state index in [1.165, 1.54) is 12.8 Å². The van der Waals surface area contributed by atoms with Gasteiger partial charge in [-0.05, 0) is 30.2 Å². The highest BCUT2D eigenvalue weighted by Gasteiger charge is 2.17. The van der Waals surface area contributed by atoms with Gasteiger partial charge in [-0.1, -0.05) is 27.7 Å². The lowest BCUT2D eigenvalue weighted by Gasteiger charge is -2.23. The smallest absolute Gasteiger partial charge is 0.320 e. The van der Waals surface area contributed by atoms with Crippen LogP contribution in [0, 0.1) is 11.3 Å². The molecule has 0 aromatic heterocycles. The first-order valence-corrected chi connectivity index (χ1v) is 7.20. The van der Waals surface area contributed by atoms with Gasteiger partial charge in [-0.2, -0.15) is 0 Å². The van der Waals surface area contributed by atoms with Crippen molar-refractivity contribution >= 4 is 9.28 Å². The van der Waals surface area contributed by atoms with Crippen molar-refractivity contribution in [2.24, 2.45) is 11.3 Å². The third-order valence-electron chi connectivity index (χ3n) is 2.38. The molecule has 1 atom stereocenters. The molecule has 0 aromatic rings. The van der Waals surface area contributed by atoms with Crippen molar-refractivity contribution in [2.45, 2.75) is 46.6 Å². The minimum atomic E-state index is -1.32. The molecule has 2 nitrogen and oxygen atoms in total. The molecular weight excluding hydrogens is 192 g/mol. The van der Waals surface area contributed by atoms with Crippen molar-refractivity contribution in [3.63, 3.8) is 0 Å². The summed E-state index contributed by atoms with van der Waals surface area (Å²) in [4.78, 5) is 0. The van der Waals surface area contributed by atoms with Gasteiger partial charge < -0.3 is 8.85 Å². The zero-order valence-corrected chi connectivity index (χ0v) is 11.7. The van der Waals surface area contributed by atoms with Crippen LogP contribution in [0.4, 0.5) is 0 Å². The van der Waals surface area contributed by atoms with Crippen molar-refractivity contribution in [1.29, 1.82) is 0 Å². The molecule has 0 saturated heterocycles. The molecule has 0 aliphatic heterocycles. The summed E-state index contributed by atoms with van der Waals surface area (Å²) >= 11 is 0. The summed E-state index contributed by atoms with van der Waals surface area (Å²) in [5, 5.41) is 0. The molecule has 0 spiro atoms. The van der Waals surface area contributed by atoms with Crippen LogP contribution in [0.15, 0.2) is 0 Å². The minimum Gasteiger partial charge on any atom is -0.400 e. The van der Waals surface area contributed by atoms with Gasteiger partial charge in [0.15, 0.2) is 0 Å². The monoisotopic (exact) mass is 218 g/mol. The summed E-state index contributed by atoms with van der Waals surface area (Å²) < 4.78 is 10.6. The van der Waals surface area contributed by atoms with Gasteiger partial charge in [0.2, 0.25) is 0 Å². The van der Waals surface area contributed by atoms with Crippen LogP contribution in [0.2, 0.25) is 6.04 Å². The van der Waals surface area contributed by atoms with Crippen molar-refractivity contribution in [3.05, 3.63) is 0 Å². The van der Waals surface area contributed by atoms with E-state index in [9.17, 15) is 0 Å². The summed E-state index contributed by atoms with van der Waals surface area (Å²) in [6.07, 6.45) is 2.51. The van der Waals surface area contributed by atoms with E-state index in [0.29, 0.717) is 5.41 Å². The van der Waals surface area contributed by atoms with Crippen LogP contribution in [-0.4, -0.2) is 23.5 Å². The van der Waals surface area contributed by atoms with Crippen LogP contribution < -0.4 is 0 Å². The molecule has 0 aromatic carbocycles. The van der Waals surface area contributed by atoms with E-state index in [1.807, 2.05) is 0 Å². The lowest BCUT2D eigenvalue weighted by atomic mass is 9.84. The third-order valence-corrected chi connectivity index (χ3v) is 4.24. The summed E-state index contributed by atoms with van der Waals surface area (Å²) in [5.74, 6) is 0.773. The summed E-state index contributed by atoms with van der Waals surface area (Å²) in [5.41, 5.74) is 0.441. The van der Waals surface area contributed by atoms with Gasteiger partial charge in [0.25, 0.3) is 0 Å². The van der Waals surface area contributed by atoms with E-state index in [4.69, 9.17) is 8.85 Å². The Morgan fingerprint density at radius 3 is 2.00 bits per heavy atom. The topological polar surface area (TPSA) is 18.5 Å². The largest absolute Gasteiger partial charge is 0.400 e. The molecule has 86 valence electrons. The Balaban J connectivity index is 3.67. The minimum absolute atomic E-state index is 0.441. The maximum Gasteiger partial charge on any atom is 0.320 e. The van der Waals surface area contributed by atoms with Crippen LogP contribution in [0.5, 0.6) is 0 Å². The Kier molecular flexibility index (Phi) is 6.65. The standard InChI is InChI=1S/C11H26O2Si/c1-10(9-11(2,3)4)7-8-14(12-5)13-6/h10,14H,7-9H2,1-6H3. The molecule has 0 aliphatic rings. The van der Waals surface area contributed by atoms with Crippen molar-refractivity contribution in [2.75, 3.05) is 14.2 Å². The average Bonchev–Trinajstić information content (AvgIpc) is 2.03. The van der Waals surface area contributed by atoms with Crippen LogP contribution in [0.1, 0.15) is 40.5 Å². The van der Waals surface area contributed by atoms with Crippen molar-refractivity contribution in [1.82, 2.24) is 0 Å². The summed E-state index contributed by atoms with van der Waals surface area (Å²) in [6, 6.07) is 1.13. The Labute approximate surface area is 90.8 Å². The number of hydrogen-bond acceptors (Lipinski definition) is 2. The van der Waals surface area contributed by atoms with Gasteiger partial charge in [0.05, 0.1) is 0 Å². The van der Waals surface area contributed by atoms with Gasteiger partial charge in [0.1, 0.15) is 0 Å². The van der Waals surface area contributed by atoms with Gasteiger partial charge >= 0.3 is 9.28 Å². The predicted molar refractivity (Wildman–Crippen MR) is 63.8 cm³/mol. The second-order valence-corrected chi connectivity index (χ2v) is 7.73. The Morgan fingerprint density at radius 1 is 1.14 bits per heavy atom. The van der Waals surface area contributed by atoms with E-state index in [2.05, 4.69) is 27.7 Å². The number of hydrogen-bond donors (Lipinski definition) is 0. The second-order valence-electron chi connectivity index (χ2n) is 5.35. The SMILES string of the molecule is CO[SiH](CCC(C)CC(C)(C)C)OC. The van der Waals surface area contributed by atoms with Gasteiger partial charge in [0, 0.05) is 14.2 Å². The van der Waals surface area contributed by atoms with Crippen molar-refractivity contribution < 1.29 is 8.85 Å². The van der Waals surface area contributed by atoms with Gasteiger partial charge in [-0.25, -0.2) is 0 Å². The maximum atomic E-state index is 5.30. The molecule has 0 amide bonds. The highest BCUT2D eigenvalue weighted by atomic mass is 28.3. The molecule has 1 unspecified atom stereocenters. The molecule has 3 heteroatoms. The van der Waals surface area contributed by atoms with Gasteiger partial charge in [-0.3, -0.25) is 0 Å². The summed E-state index contributed by atoms with van der Waals surface area (Å²) in [6.45, 7) is 9.21. The lowest BCUT2D eigenvalue weighted by Crippen LogP contribution is -2.20. The number of rotatable bonds is 6. The van der Waals surface area contributed by atoms with E-state index in [0.717, 1.165) is 12.0 Å². The molecule has 0 rings (SSSR count). The third kappa shape index (κ3) is 7.53. The second kappa shape index (κ2) is 6.59. The van der Waals surface area contributed by atoms with Crippen LogP contribution in [0.3, 0.4) is 0 Å². The van der Waals surface area contributed by atoms with Crippen molar-refractivity contribution in [3.8, 4) is 0 Å². The molecule has 0 N–H and O–H groups in total. The lowest BCUT2D eigenvalue weighted by molar-refractivity contribution is 0.263. The first-order valence-electron chi connectivity index (χ1n) is 5.44. The first kappa shape index (κ1) is 14.1. The van der Waals surface area contributed by atoms with Gasteiger partial charge in [-0.15, -0.1) is 0 Å². The Bertz CT molecular complexity index is 139. The molecule has 0 heterocycles. The molecule has 0 bridgehead atoms. The maximum absolute atomic E-state index is 5.30. The fourth-order valence-corrected chi connectivity index (χ4v) is 3.41. The molecule has 0 saturated carbocycles. The first-order chi connectivity index (χ1) is 6.39. The molecule has 0 aliphatic carbocycles. The molecular formula is C11H26O2Si. The zero-order chi connectivity index (χ0) is 11.2. The fourth-order valence-electron chi connectivity index (χ4n) is 1.90. The van der Waals surface area contributed by atoms with Crippen LogP contribution in [-0.2, 0) is 8.85 Å². The van der Waals surface area contributed by atoms with Crippen LogP contribution in [0.25, 0.3) is 0 Å². The van der Waals surface area contributed by atoms with E-state index >= 15 is 0 Å². The highest BCUT2D eigenvalue weighted by Crippen LogP contribution is 2.27. The van der Waals surface area contributed by atoms with E-state index < -0.39 is 9.28 Å². The normalized spacial score (nSPS) is 14.8. The molecule has 0 fully saturated rings. The van der Waals surface area contributed by atoms with Crippen LogP contribution >= 0.6 is 0 Å². The zero-order valence-electron chi connectivity index (χ0n) is 10.6.